The van der Waals surface area contributed by atoms with Crippen LogP contribution in [0.5, 0.6) is 0 Å². The molecule has 6 heteroatoms. The fourth-order valence-corrected chi connectivity index (χ4v) is 2.99. The average molecular weight is 337 g/mol. The standard InChI is InChI=1S/C19H19N3O3/c1-12-6-7-17-16(10-12)14(11-21-17)8-9-20-19(23)15-5-3-4-13(2)18(15)22(24)25/h3-7,10-11,21H,8-9H2,1-2H3,(H,20,23). The van der Waals surface area contributed by atoms with E-state index < -0.39 is 10.8 Å². The van der Waals surface area contributed by atoms with E-state index in [1.165, 1.54) is 11.6 Å². The topological polar surface area (TPSA) is 88.0 Å². The van der Waals surface area contributed by atoms with E-state index >= 15 is 0 Å². The highest BCUT2D eigenvalue weighted by atomic mass is 16.6. The Bertz CT molecular complexity index is 960. The van der Waals surface area contributed by atoms with Crippen molar-refractivity contribution in [2.24, 2.45) is 0 Å². The van der Waals surface area contributed by atoms with E-state index in [-0.39, 0.29) is 11.3 Å². The summed E-state index contributed by atoms with van der Waals surface area (Å²) in [5, 5.41) is 15.1. The zero-order chi connectivity index (χ0) is 18.0. The molecular formula is C19H19N3O3. The first kappa shape index (κ1) is 16.7. The number of carbonyl (C=O) groups is 1. The third kappa shape index (κ3) is 3.38. The summed E-state index contributed by atoms with van der Waals surface area (Å²) in [7, 11) is 0. The summed E-state index contributed by atoms with van der Waals surface area (Å²) in [6.07, 6.45) is 2.58. The van der Waals surface area contributed by atoms with Crippen molar-refractivity contribution in [1.29, 1.82) is 0 Å². The SMILES string of the molecule is Cc1ccc2[nH]cc(CCNC(=O)c3cccc(C)c3[N+](=O)[O-])c2c1. The number of para-hydroxylation sites is 1. The van der Waals surface area contributed by atoms with Gasteiger partial charge in [0.25, 0.3) is 11.6 Å². The summed E-state index contributed by atoms with van der Waals surface area (Å²) in [5.74, 6) is -0.425. The van der Waals surface area contributed by atoms with Crippen LogP contribution in [-0.2, 0) is 6.42 Å². The molecule has 0 saturated carbocycles. The first-order valence-corrected chi connectivity index (χ1v) is 8.06. The monoisotopic (exact) mass is 337 g/mol. The highest BCUT2D eigenvalue weighted by Gasteiger charge is 2.22. The Balaban J connectivity index is 1.72. The second-order valence-electron chi connectivity index (χ2n) is 6.10. The van der Waals surface area contributed by atoms with Crippen molar-refractivity contribution >= 4 is 22.5 Å². The van der Waals surface area contributed by atoms with Gasteiger partial charge in [-0.15, -0.1) is 0 Å². The van der Waals surface area contributed by atoms with Crippen molar-refractivity contribution in [2.75, 3.05) is 6.54 Å². The Labute approximate surface area is 145 Å². The van der Waals surface area contributed by atoms with Gasteiger partial charge >= 0.3 is 0 Å². The van der Waals surface area contributed by atoms with Crippen molar-refractivity contribution in [2.45, 2.75) is 20.3 Å². The van der Waals surface area contributed by atoms with Crippen LogP contribution in [0, 0.1) is 24.0 Å². The molecule has 6 nitrogen and oxygen atoms in total. The first-order chi connectivity index (χ1) is 12.0. The Morgan fingerprint density at radius 3 is 2.80 bits per heavy atom. The predicted molar refractivity (Wildman–Crippen MR) is 96.9 cm³/mol. The van der Waals surface area contributed by atoms with Gasteiger partial charge in [-0.1, -0.05) is 23.8 Å². The molecule has 0 aliphatic heterocycles. The van der Waals surface area contributed by atoms with Gasteiger partial charge in [0.2, 0.25) is 0 Å². The lowest BCUT2D eigenvalue weighted by molar-refractivity contribution is -0.385. The number of carbonyl (C=O) groups excluding carboxylic acids is 1. The summed E-state index contributed by atoms with van der Waals surface area (Å²) in [6.45, 7) is 4.07. The van der Waals surface area contributed by atoms with Crippen molar-refractivity contribution in [3.05, 3.63) is 75.0 Å². The number of H-pyrrole nitrogens is 1. The number of aromatic amines is 1. The Morgan fingerprint density at radius 1 is 1.24 bits per heavy atom. The Morgan fingerprint density at radius 2 is 2.04 bits per heavy atom. The lowest BCUT2D eigenvalue weighted by Crippen LogP contribution is -2.26. The molecule has 2 aromatic carbocycles. The number of fused-ring (bicyclic) bond motifs is 1. The van der Waals surface area contributed by atoms with Crippen LogP contribution in [-0.4, -0.2) is 22.4 Å². The number of nitrogens with one attached hydrogen (secondary N) is 2. The van der Waals surface area contributed by atoms with E-state index in [0.29, 0.717) is 18.5 Å². The molecule has 25 heavy (non-hydrogen) atoms. The first-order valence-electron chi connectivity index (χ1n) is 8.06. The zero-order valence-corrected chi connectivity index (χ0v) is 14.1. The summed E-state index contributed by atoms with van der Waals surface area (Å²) in [6, 6.07) is 10.9. The van der Waals surface area contributed by atoms with E-state index in [0.717, 1.165) is 16.5 Å². The van der Waals surface area contributed by atoms with Gasteiger partial charge in [0.15, 0.2) is 0 Å². The number of nitro groups is 1. The summed E-state index contributed by atoms with van der Waals surface area (Å²) in [4.78, 5) is 26.3. The summed E-state index contributed by atoms with van der Waals surface area (Å²) >= 11 is 0. The minimum absolute atomic E-state index is 0.0970. The summed E-state index contributed by atoms with van der Waals surface area (Å²) in [5.41, 5.74) is 3.78. The van der Waals surface area contributed by atoms with Crippen LogP contribution in [0.15, 0.2) is 42.6 Å². The van der Waals surface area contributed by atoms with Gasteiger partial charge in [-0.25, -0.2) is 0 Å². The lowest BCUT2D eigenvalue weighted by atomic mass is 10.1. The second-order valence-corrected chi connectivity index (χ2v) is 6.10. The van der Waals surface area contributed by atoms with E-state index in [1.54, 1.807) is 19.1 Å². The third-order valence-corrected chi connectivity index (χ3v) is 4.27. The molecule has 0 bridgehead atoms. The highest BCUT2D eigenvalue weighted by Crippen LogP contribution is 2.23. The van der Waals surface area contributed by atoms with Gasteiger partial charge in [0, 0.05) is 29.2 Å². The van der Waals surface area contributed by atoms with Gasteiger partial charge in [0.1, 0.15) is 5.56 Å². The fraction of sp³-hybridized carbons (Fsp3) is 0.211. The number of nitro benzene ring substituents is 1. The minimum Gasteiger partial charge on any atom is -0.361 e. The number of rotatable bonds is 5. The smallest absolute Gasteiger partial charge is 0.285 e. The van der Waals surface area contributed by atoms with Crippen LogP contribution in [0.1, 0.15) is 27.0 Å². The molecule has 0 aliphatic rings. The number of amides is 1. The normalized spacial score (nSPS) is 10.8. The molecule has 0 spiro atoms. The number of aromatic nitrogens is 1. The largest absolute Gasteiger partial charge is 0.361 e. The molecule has 1 amide bonds. The van der Waals surface area contributed by atoms with Crippen LogP contribution in [0.3, 0.4) is 0 Å². The average Bonchev–Trinajstić information content (AvgIpc) is 2.96. The number of hydrogen-bond donors (Lipinski definition) is 2. The molecule has 3 aromatic rings. The molecule has 1 aromatic heterocycles. The predicted octanol–water partition coefficient (Wildman–Crippen LogP) is 3.67. The molecule has 0 saturated heterocycles. The Hall–Kier alpha value is -3.15. The van der Waals surface area contributed by atoms with Gasteiger partial charge in [-0.2, -0.15) is 0 Å². The van der Waals surface area contributed by atoms with Gasteiger partial charge in [-0.05, 0) is 44.0 Å². The van der Waals surface area contributed by atoms with E-state index in [4.69, 9.17) is 0 Å². The molecule has 128 valence electrons. The molecule has 0 fully saturated rings. The number of aryl methyl sites for hydroxylation is 2. The van der Waals surface area contributed by atoms with Gasteiger partial charge in [-0.3, -0.25) is 14.9 Å². The maximum absolute atomic E-state index is 12.3. The highest BCUT2D eigenvalue weighted by molar-refractivity contribution is 5.98. The molecule has 3 rings (SSSR count). The molecule has 0 atom stereocenters. The van der Waals surface area contributed by atoms with Crippen LogP contribution < -0.4 is 5.32 Å². The van der Waals surface area contributed by atoms with E-state index in [2.05, 4.69) is 16.4 Å². The fourth-order valence-electron chi connectivity index (χ4n) is 2.99. The van der Waals surface area contributed by atoms with Crippen LogP contribution in [0.4, 0.5) is 5.69 Å². The zero-order valence-electron chi connectivity index (χ0n) is 14.1. The van der Waals surface area contributed by atoms with Crippen LogP contribution in [0.25, 0.3) is 10.9 Å². The quantitative estimate of drug-likeness (QED) is 0.550. The van der Waals surface area contributed by atoms with E-state index in [9.17, 15) is 14.9 Å². The lowest BCUT2D eigenvalue weighted by Gasteiger charge is -2.07. The molecule has 0 radical (unpaired) electrons. The molecule has 0 aliphatic carbocycles. The van der Waals surface area contributed by atoms with E-state index in [1.807, 2.05) is 25.3 Å². The van der Waals surface area contributed by atoms with Crippen LogP contribution >= 0.6 is 0 Å². The summed E-state index contributed by atoms with van der Waals surface area (Å²) < 4.78 is 0. The number of hydrogen-bond acceptors (Lipinski definition) is 3. The maximum atomic E-state index is 12.3. The third-order valence-electron chi connectivity index (χ3n) is 4.27. The second kappa shape index (κ2) is 6.76. The maximum Gasteiger partial charge on any atom is 0.285 e. The van der Waals surface area contributed by atoms with Crippen molar-refractivity contribution in [3.8, 4) is 0 Å². The van der Waals surface area contributed by atoms with Crippen LogP contribution in [0.2, 0.25) is 0 Å². The molecular weight excluding hydrogens is 318 g/mol. The molecule has 0 unspecified atom stereocenters. The van der Waals surface area contributed by atoms with Crippen molar-refractivity contribution in [1.82, 2.24) is 10.3 Å². The van der Waals surface area contributed by atoms with Crippen molar-refractivity contribution < 1.29 is 9.72 Å². The molecule has 2 N–H and O–H groups in total. The Kier molecular flexibility index (Phi) is 4.52. The number of benzene rings is 2. The minimum atomic E-state index is -0.507. The van der Waals surface area contributed by atoms with Crippen molar-refractivity contribution in [3.63, 3.8) is 0 Å². The number of nitrogens with zero attached hydrogens (tertiary/aromatic N) is 1. The van der Waals surface area contributed by atoms with Gasteiger partial charge in [0.05, 0.1) is 4.92 Å². The molecule has 1 heterocycles. The van der Waals surface area contributed by atoms with Gasteiger partial charge < -0.3 is 10.3 Å².